The Bertz CT molecular complexity index is 965. The van der Waals surface area contributed by atoms with Crippen molar-refractivity contribution in [1.29, 1.82) is 0 Å². The van der Waals surface area contributed by atoms with E-state index in [1.54, 1.807) is 0 Å². The highest BCUT2D eigenvalue weighted by molar-refractivity contribution is 7.14. The topological polar surface area (TPSA) is 58.2 Å². The van der Waals surface area contributed by atoms with Crippen LogP contribution >= 0.6 is 11.3 Å². The molecule has 2 amide bonds. The van der Waals surface area contributed by atoms with Crippen LogP contribution in [0.15, 0.2) is 66.7 Å². The van der Waals surface area contributed by atoms with E-state index in [1.807, 2.05) is 54.6 Å². The average Bonchev–Trinajstić information content (AvgIpc) is 3.09. The lowest BCUT2D eigenvalue weighted by molar-refractivity contribution is -0.118. The smallest absolute Gasteiger partial charge is 0.262 e. The lowest BCUT2D eigenvalue weighted by atomic mass is 10.1. The van der Waals surface area contributed by atoms with Gasteiger partial charge in [0.15, 0.2) is 0 Å². The molecule has 5 heteroatoms. The summed E-state index contributed by atoms with van der Waals surface area (Å²) in [5.74, 6) is -0.347. The predicted octanol–water partition coefficient (Wildman–Crippen LogP) is 4.02. The molecule has 2 N–H and O–H groups in total. The normalized spacial score (nSPS) is 16.1. The Hall–Kier alpha value is -2.92. The summed E-state index contributed by atoms with van der Waals surface area (Å²) in [6, 6.07) is 21.2. The van der Waals surface area contributed by atoms with Gasteiger partial charge >= 0.3 is 0 Å². The fraction of sp³-hybridized carbons (Fsp3) is 0.182. The molecule has 27 heavy (non-hydrogen) atoms. The Morgan fingerprint density at radius 2 is 1.81 bits per heavy atom. The molecular formula is C22H20N2O2S. The number of thiophene rings is 1. The third kappa shape index (κ3) is 4.09. The highest BCUT2D eigenvalue weighted by Crippen LogP contribution is 2.23. The second kappa shape index (κ2) is 7.76. The second-order valence-corrected chi connectivity index (χ2v) is 7.81. The molecular weight excluding hydrogens is 356 g/mol. The van der Waals surface area contributed by atoms with Gasteiger partial charge in [-0.3, -0.25) is 9.59 Å². The number of nitrogens with one attached hydrogen (secondary N) is 2. The first-order chi connectivity index (χ1) is 13.2. The van der Waals surface area contributed by atoms with Crippen molar-refractivity contribution in [3.05, 3.63) is 87.6 Å². The van der Waals surface area contributed by atoms with Gasteiger partial charge in [0.2, 0.25) is 5.91 Å². The third-order valence-electron chi connectivity index (χ3n) is 4.71. The minimum atomic E-state index is -0.524. The molecule has 0 unspecified atom stereocenters. The van der Waals surface area contributed by atoms with Crippen LogP contribution in [0, 0.1) is 0 Å². The quantitative estimate of drug-likeness (QED) is 0.722. The zero-order chi connectivity index (χ0) is 18.6. The molecule has 1 aliphatic rings. The summed E-state index contributed by atoms with van der Waals surface area (Å²) in [6.45, 7) is 0. The molecule has 2 heterocycles. The molecule has 0 saturated carbocycles. The van der Waals surface area contributed by atoms with Crippen molar-refractivity contribution in [2.75, 3.05) is 5.32 Å². The van der Waals surface area contributed by atoms with E-state index in [0.29, 0.717) is 11.3 Å². The van der Waals surface area contributed by atoms with Gasteiger partial charge in [-0.25, -0.2) is 0 Å². The van der Waals surface area contributed by atoms with Crippen LogP contribution in [0.4, 0.5) is 5.69 Å². The van der Waals surface area contributed by atoms with E-state index in [4.69, 9.17) is 0 Å². The number of rotatable bonds is 4. The largest absolute Gasteiger partial charge is 0.340 e. The van der Waals surface area contributed by atoms with E-state index in [-0.39, 0.29) is 11.8 Å². The zero-order valence-corrected chi connectivity index (χ0v) is 15.6. The van der Waals surface area contributed by atoms with Gasteiger partial charge in [0.1, 0.15) is 6.04 Å². The summed E-state index contributed by atoms with van der Waals surface area (Å²) in [5, 5.41) is 5.81. The standard InChI is InChI=1S/C22H20N2O2S/c25-21-19(12-10-16-8-4-5-9-18(16)23-21)24-22(26)20-13-11-17(27-20)14-15-6-2-1-3-7-15/h1-9,11,13,19H,10,12,14H2,(H,23,25)(H,24,26)/t19-/m0/s1. The molecule has 0 aliphatic carbocycles. The van der Waals surface area contributed by atoms with E-state index >= 15 is 0 Å². The van der Waals surface area contributed by atoms with Gasteiger partial charge in [-0.2, -0.15) is 0 Å². The van der Waals surface area contributed by atoms with Crippen LogP contribution < -0.4 is 10.6 Å². The number of benzene rings is 2. The average molecular weight is 376 g/mol. The number of para-hydroxylation sites is 1. The summed E-state index contributed by atoms with van der Waals surface area (Å²) >= 11 is 1.47. The number of amides is 2. The number of anilines is 1. The van der Waals surface area contributed by atoms with Crippen LogP contribution in [0.1, 0.15) is 32.1 Å². The van der Waals surface area contributed by atoms with Crippen molar-refractivity contribution >= 4 is 28.8 Å². The highest BCUT2D eigenvalue weighted by atomic mass is 32.1. The summed E-state index contributed by atoms with van der Waals surface area (Å²) < 4.78 is 0. The molecule has 136 valence electrons. The molecule has 1 aliphatic heterocycles. The Kier molecular flexibility index (Phi) is 5.03. The van der Waals surface area contributed by atoms with Gasteiger partial charge in [-0.15, -0.1) is 11.3 Å². The Balaban J connectivity index is 1.41. The minimum absolute atomic E-state index is 0.158. The number of carbonyl (C=O) groups is 2. The summed E-state index contributed by atoms with van der Waals surface area (Å²) in [7, 11) is 0. The fourth-order valence-electron chi connectivity index (χ4n) is 3.27. The molecule has 4 nitrogen and oxygen atoms in total. The van der Waals surface area contributed by atoms with Crippen molar-refractivity contribution in [2.24, 2.45) is 0 Å². The number of hydrogen-bond donors (Lipinski definition) is 2. The Morgan fingerprint density at radius 3 is 2.67 bits per heavy atom. The minimum Gasteiger partial charge on any atom is -0.340 e. The molecule has 0 bridgehead atoms. The molecule has 1 aromatic heterocycles. The molecule has 2 aromatic carbocycles. The van der Waals surface area contributed by atoms with Crippen molar-refractivity contribution in [2.45, 2.75) is 25.3 Å². The molecule has 0 spiro atoms. The molecule has 3 aromatic rings. The molecule has 0 saturated heterocycles. The Labute approximate surface area is 162 Å². The first kappa shape index (κ1) is 17.5. The maximum Gasteiger partial charge on any atom is 0.262 e. The Morgan fingerprint density at radius 1 is 1.04 bits per heavy atom. The summed E-state index contributed by atoms with van der Waals surface area (Å²) in [6.07, 6.45) is 2.15. The van der Waals surface area contributed by atoms with Crippen molar-refractivity contribution in [3.63, 3.8) is 0 Å². The van der Waals surface area contributed by atoms with E-state index in [2.05, 4.69) is 22.8 Å². The van der Waals surface area contributed by atoms with E-state index in [9.17, 15) is 9.59 Å². The molecule has 0 radical (unpaired) electrons. The summed E-state index contributed by atoms with van der Waals surface area (Å²) in [5.41, 5.74) is 3.15. The first-order valence-electron chi connectivity index (χ1n) is 9.01. The van der Waals surface area contributed by atoms with Gasteiger partial charge in [0.05, 0.1) is 4.88 Å². The third-order valence-corrected chi connectivity index (χ3v) is 5.79. The first-order valence-corrected chi connectivity index (χ1v) is 9.83. The van der Waals surface area contributed by atoms with Gasteiger partial charge in [-0.1, -0.05) is 48.5 Å². The molecule has 0 fully saturated rings. The predicted molar refractivity (Wildman–Crippen MR) is 108 cm³/mol. The van der Waals surface area contributed by atoms with E-state index in [0.717, 1.165) is 29.0 Å². The number of aryl methyl sites for hydroxylation is 1. The van der Waals surface area contributed by atoms with Crippen LogP contribution in [-0.4, -0.2) is 17.9 Å². The number of fused-ring (bicyclic) bond motifs is 1. The lowest BCUT2D eigenvalue weighted by Crippen LogP contribution is -2.43. The van der Waals surface area contributed by atoms with Crippen molar-refractivity contribution < 1.29 is 9.59 Å². The van der Waals surface area contributed by atoms with Crippen LogP contribution in [0.5, 0.6) is 0 Å². The van der Waals surface area contributed by atoms with Gasteiger partial charge < -0.3 is 10.6 Å². The summed E-state index contributed by atoms with van der Waals surface area (Å²) in [4.78, 5) is 26.9. The molecule has 1 atom stereocenters. The van der Waals surface area contributed by atoms with Crippen molar-refractivity contribution in [1.82, 2.24) is 5.32 Å². The van der Waals surface area contributed by atoms with E-state index in [1.165, 1.54) is 16.9 Å². The van der Waals surface area contributed by atoms with Crippen LogP contribution in [0.25, 0.3) is 0 Å². The number of hydrogen-bond acceptors (Lipinski definition) is 3. The van der Waals surface area contributed by atoms with Gasteiger partial charge in [0, 0.05) is 17.0 Å². The van der Waals surface area contributed by atoms with Gasteiger partial charge in [-0.05, 0) is 42.2 Å². The highest BCUT2D eigenvalue weighted by Gasteiger charge is 2.25. The number of carbonyl (C=O) groups excluding carboxylic acids is 2. The van der Waals surface area contributed by atoms with Crippen LogP contribution in [0.2, 0.25) is 0 Å². The van der Waals surface area contributed by atoms with Crippen LogP contribution in [0.3, 0.4) is 0 Å². The SMILES string of the molecule is O=C(N[C@H]1CCc2ccccc2NC1=O)c1ccc(Cc2ccccc2)s1. The lowest BCUT2D eigenvalue weighted by Gasteiger charge is -2.14. The monoisotopic (exact) mass is 376 g/mol. The maximum atomic E-state index is 12.6. The van der Waals surface area contributed by atoms with Crippen molar-refractivity contribution in [3.8, 4) is 0 Å². The maximum absolute atomic E-state index is 12.6. The zero-order valence-electron chi connectivity index (χ0n) is 14.8. The molecule has 4 rings (SSSR count). The second-order valence-electron chi connectivity index (χ2n) is 6.64. The van der Waals surface area contributed by atoms with E-state index < -0.39 is 6.04 Å². The van der Waals surface area contributed by atoms with Crippen LogP contribution in [-0.2, 0) is 17.6 Å². The van der Waals surface area contributed by atoms with Gasteiger partial charge in [0.25, 0.3) is 5.91 Å². The fourth-order valence-corrected chi connectivity index (χ4v) is 4.22.